The molecule has 4 nitrogen and oxygen atoms in total. The molecule has 5 heteroatoms. The van der Waals surface area contributed by atoms with Gasteiger partial charge < -0.3 is 9.47 Å². The zero-order chi connectivity index (χ0) is 15.7. The summed E-state index contributed by atoms with van der Waals surface area (Å²) >= 11 is 0. The molecule has 0 saturated carbocycles. The molecule has 0 unspecified atom stereocenters. The monoisotopic (exact) mass is 298 g/mol. The maximum absolute atomic E-state index is 13.1. The van der Waals surface area contributed by atoms with Gasteiger partial charge in [0, 0.05) is 11.1 Å². The van der Waals surface area contributed by atoms with E-state index in [0.717, 1.165) is 27.8 Å². The lowest BCUT2D eigenvalue weighted by atomic mass is 10.1. The Balaban J connectivity index is 2.28. The topological polar surface area (TPSA) is 44.2 Å². The molecular weight excluding hydrogens is 283 g/mol. The molecule has 0 saturated heterocycles. The van der Waals surface area contributed by atoms with Crippen LogP contribution in [0.3, 0.4) is 0 Å². The van der Waals surface area contributed by atoms with E-state index in [1.807, 2.05) is 19.1 Å². The van der Waals surface area contributed by atoms with Crippen molar-refractivity contribution in [2.24, 2.45) is 0 Å². The molecule has 0 aliphatic heterocycles. The van der Waals surface area contributed by atoms with Gasteiger partial charge in [-0.05, 0) is 43.3 Å². The Morgan fingerprint density at radius 2 is 1.64 bits per heavy atom. The Hall–Kier alpha value is -2.69. The van der Waals surface area contributed by atoms with Crippen molar-refractivity contribution >= 4 is 10.9 Å². The van der Waals surface area contributed by atoms with Crippen molar-refractivity contribution in [2.75, 3.05) is 14.2 Å². The van der Waals surface area contributed by atoms with Crippen LogP contribution >= 0.6 is 0 Å². The van der Waals surface area contributed by atoms with Crippen LogP contribution in [0, 0.1) is 12.7 Å². The summed E-state index contributed by atoms with van der Waals surface area (Å²) in [6.45, 7) is 1.93. The smallest absolute Gasteiger partial charge is 0.224 e. The van der Waals surface area contributed by atoms with Crippen LogP contribution in [0.4, 0.5) is 4.39 Å². The molecule has 0 spiro atoms. The number of methoxy groups -OCH3 is 2. The molecular formula is C17H15FN2O2. The lowest BCUT2D eigenvalue weighted by molar-refractivity contribution is 0.402. The number of nitrogens with zero attached hydrogens (tertiary/aromatic N) is 2. The second-order valence-corrected chi connectivity index (χ2v) is 4.85. The minimum atomic E-state index is -0.297. The number of benzene rings is 2. The number of ether oxygens (including phenoxy) is 2. The summed E-state index contributed by atoms with van der Waals surface area (Å²) in [5.74, 6) is 1.42. The molecule has 0 aliphatic carbocycles. The van der Waals surface area contributed by atoms with Gasteiger partial charge in [-0.3, -0.25) is 0 Å². The minimum absolute atomic E-state index is 0.297. The molecule has 1 heterocycles. The molecule has 0 aliphatic rings. The van der Waals surface area contributed by atoms with E-state index in [1.54, 1.807) is 26.4 Å². The summed E-state index contributed by atoms with van der Waals surface area (Å²) in [7, 11) is 3.18. The van der Waals surface area contributed by atoms with Gasteiger partial charge in [-0.15, -0.1) is 0 Å². The van der Waals surface area contributed by atoms with Crippen LogP contribution < -0.4 is 9.47 Å². The van der Waals surface area contributed by atoms with Gasteiger partial charge in [-0.1, -0.05) is 0 Å². The first-order valence-corrected chi connectivity index (χ1v) is 6.79. The Morgan fingerprint density at radius 1 is 0.909 bits per heavy atom. The summed E-state index contributed by atoms with van der Waals surface area (Å²) in [5, 5.41) is 0.812. The van der Waals surface area contributed by atoms with E-state index >= 15 is 0 Å². The van der Waals surface area contributed by atoms with E-state index in [0.29, 0.717) is 11.7 Å². The number of halogens is 1. The summed E-state index contributed by atoms with van der Waals surface area (Å²) < 4.78 is 23.8. The highest BCUT2D eigenvalue weighted by molar-refractivity contribution is 5.89. The predicted molar refractivity (Wildman–Crippen MR) is 82.8 cm³/mol. The fourth-order valence-electron chi connectivity index (χ4n) is 2.39. The van der Waals surface area contributed by atoms with E-state index in [1.165, 1.54) is 12.1 Å². The highest BCUT2D eigenvalue weighted by Crippen LogP contribution is 2.32. The highest BCUT2D eigenvalue weighted by Gasteiger charge is 2.14. The van der Waals surface area contributed by atoms with Crippen molar-refractivity contribution in [3.05, 3.63) is 47.8 Å². The number of hydrogen-bond donors (Lipinski definition) is 0. The fraction of sp³-hybridized carbons (Fsp3) is 0.176. The Kier molecular flexibility index (Phi) is 3.63. The number of aryl methyl sites for hydroxylation is 1. The normalized spacial score (nSPS) is 10.7. The lowest BCUT2D eigenvalue weighted by Crippen LogP contribution is -1.98. The standard InChI is InChI=1S/C17H15FN2O2/c1-10-14(21-2)9-8-13-15(10)19-16(20-17(13)22-3)11-4-6-12(18)7-5-11/h4-9H,1-3H3. The van der Waals surface area contributed by atoms with E-state index in [2.05, 4.69) is 9.97 Å². The van der Waals surface area contributed by atoms with Gasteiger partial charge in [0.15, 0.2) is 5.82 Å². The minimum Gasteiger partial charge on any atom is -0.496 e. The number of hydrogen-bond acceptors (Lipinski definition) is 4. The first kappa shape index (κ1) is 14.3. The van der Waals surface area contributed by atoms with Crippen molar-refractivity contribution in [3.63, 3.8) is 0 Å². The van der Waals surface area contributed by atoms with Crippen molar-refractivity contribution in [1.82, 2.24) is 9.97 Å². The first-order chi connectivity index (χ1) is 10.6. The third-order valence-corrected chi connectivity index (χ3v) is 3.55. The zero-order valence-electron chi connectivity index (χ0n) is 12.6. The van der Waals surface area contributed by atoms with Crippen LogP contribution in [0.1, 0.15) is 5.56 Å². The second kappa shape index (κ2) is 5.60. The van der Waals surface area contributed by atoms with Crippen molar-refractivity contribution < 1.29 is 13.9 Å². The molecule has 112 valence electrons. The maximum Gasteiger partial charge on any atom is 0.224 e. The Labute approximate surface area is 127 Å². The molecule has 2 aromatic carbocycles. The predicted octanol–water partition coefficient (Wildman–Crippen LogP) is 3.76. The number of fused-ring (bicyclic) bond motifs is 1. The molecule has 22 heavy (non-hydrogen) atoms. The molecule has 0 amide bonds. The first-order valence-electron chi connectivity index (χ1n) is 6.79. The van der Waals surface area contributed by atoms with Gasteiger partial charge in [-0.25, -0.2) is 9.37 Å². The van der Waals surface area contributed by atoms with E-state index in [4.69, 9.17) is 9.47 Å². The largest absolute Gasteiger partial charge is 0.496 e. The van der Waals surface area contributed by atoms with Gasteiger partial charge in [-0.2, -0.15) is 4.98 Å². The fourth-order valence-corrected chi connectivity index (χ4v) is 2.39. The molecule has 3 aromatic rings. The van der Waals surface area contributed by atoms with Gasteiger partial charge in [0.25, 0.3) is 0 Å². The number of rotatable bonds is 3. The van der Waals surface area contributed by atoms with Gasteiger partial charge in [0.2, 0.25) is 5.88 Å². The van der Waals surface area contributed by atoms with Crippen LogP contribution in [-0.4, -0.2) is 24.2 Å². The molecule has 3 rings (SSSR count). The van der Waals surface area contributed by atoms with Crippen LogP contribution in [0.2, 0.25) is 0 Å². The summed E-state index contributed by atoms with van der Waals surface area (Å²) in [5.41, 5.74) is 2.39. The average Bonchev–Trinajstić information content (AvgIpc) is 2.55. The molecule has 0 bridgehead atoms. The van der Waals surface area contributed by atoms with E-state index in [9.17, 15) is 4.39 Å². The molecule has 0 atom stereocenters. The SMILES string of the molecule is COc1ccc2c(OC)nc(-c3ccc(F)cc3)nc2c1C. The summed E-state index contributed by atoms with van der Waals surface area (Å²) in [4.78, 5) is 9.02. The van der Waals surface area contributed by atoms with Crippen molar-refractivity contribution in [3.8, 4) is 23.0 Å². The van der Waals surface area contributed by atoms with Crippen molar-refractivity contribution in [2.45, 2.75) is 6.92 Å². The molecule has 1 aromatic heterocycles. The van der Waals surface area contributed by atoms with Crippen LogP contribution in [0.5, 0.6) is 11.6 Å². The molecule has 0 N–H and O–H groups in total. The zero-order valence-corrected chi connectivity index (χ0v) is 12.6. The van der Waals surface area contributed by atoms with Gasteiger partial charge in [0.05, 0.1) is 25.1 Å². The Morgan fingerprint density at radius 3 is 2.27 bits per heavy atom. The molecule has 0 fully saturated rings. The van der Waals surface area contributed by atoms with Gasteiger partial charge >= 0.3 is 0 Å². The van der Waals surface area contributed by atoms with Crippen LogP contribution in [-0.2, 0) is 0 Å². The van der Waals surface area contributed by atoms with Crippen LogP contribution in [0.15, 0.2) is 36.4 Å². The summed E-state index contributed by atoms with van der Waals surface area (Å²) in [6, 6.07) is 9.79. The second-order valence-electron chi connectivity index (χ2n) is 4.85. The van der Waals surface area contributed by atoms with Gasteiger partial charge in [0.1, 0.15) is 11.6 Å². The van der Waals surface area contributed by atoms with Crippen molar-refractivity contribution in [1.29, 1.82) is 0 Å². The lowest BCUT2D eigenvalue weighted by Gasteiger charge is -2.11. The van der Waals surface area contributed by atoms with Crippen LogP contribution in [0.25, 0.3) is 22.3 Å². The highest BCUT2D eigenvalue weighted by atomic mass is 19.1. The maximum atomic E-state index is 13.1. The summed E-state index contributed by atoms with van der Waals surface area (Å²) in [6.07, 6.45) is 0. The number of aromatic nitrogens is 2. The third-order valence-electron chi connectivity index (χ3n) is 3.55. The molecule has 0 radical (unpaired) electrons. The third kappa shape index (κ3) is 2.35. The quantitative estimate of drug-likeness (QED) is 0.738. The van der Waals surface area contributed by atoms with E-state index < -0.39 is 0 Å². The average molecular weight is 298 g/mol. The Bertz CT molecular complexity index is 832. The van der Waals surface area contributed by atoms with E-state index in [-0.39, 0.29) is 5.82 Å².